The number of carbonyl (C=O) groups excluding carboxylic acids is 2. The molecule has 174 valence electrons. The van der Waals surface area contributed by atoms with E-state index >= 15 is 0 Å². The molecule has 1 aromatic carbocycles. The Morgan fingerprint density at radius 1 is 1.28 bits per heavy atom. The molecular weight excluding hydrogens is 431 g/mol. The zero-order valence-corrected chi connectivity index (χ0v) is 19.7. The van der Waals surface area contributed by atoms with Crippen molar-refractivity contribution in [2.75, 3.05) is 40.0 Å². The summed E-state index contributed by atoms with van der Waals surface area (Å²) in [7, 11) is 1.62. The Labute approximate surface area is 192 Å². The summed E-state index contributed by atoms with van der Waals surface area (Å²) in [6, 6.07) is 7.94. The maximum absolute atomic E-state index is 14.1. The SMILES string of the molecule is COCCCN(CC(=O)N1CCc2sccc2C1COc1ccccc1F)C(=O)C(C)C. The van der Waals surface area contributed by atoms with Crippen LogP contribution >= 0.6 is 11.3 Å². The van der Waals surface area contributed by atoms with Crippen LogP contribution in [0.2, 0.25) is 0 Å². The van der Waals surface area contributed by atoms with Crippen LogP contribution in [0.4, 0.5) is 4.39 Å². The van der Waals surface area contributed by atoms with Crippen molar-refractivity contribution in [2.45, 2.75) is 32.7 Å². The minimum absolute atomic E-state index is 0.0103. The van der Waals surface area contributed by atoms with Crippen molar-refractivity contribution in [3.8, 4) is 5.75 Å². The van der Waals surface area contributed by atoms with Crippen LogP contribution in [0.15, 0.2) is 35.7 Å². The predicted molar refractivity (Wildman–Crippen MR) is 122 cm³/mol. The lowest BCUT2D eigenvalue weighted by molar-refractivity contribution is -0.144. The summed E-state index contributed by atoms with van der Waals surface area (Å²) in [6.07, 6.45) is 1.42. The fourth-order valence-corrected chi connectivity index (χ4v) is 4.82. The third-order valence-electron chi connectivity index (χ3n) is 5.56. The van der Waals surface area contributed by atoms with E-state index < -0.39 is 5.82 Å². The number of halogens is 1. The molecule has 2 aromatic rings. The van der Waals surface area contributed by atoms with E-state index in [0.29, 0.717) is 26.1 Å². The van der Waals surface area contributed by atoms with Gasteiger partial charge in [0.1, 0.15) is 6.61 Å². The van der Waals surface area contributed by atoms with Crippen LogP contribution in [-0.2, 0) is 20.7 Å². The number of hydrogen-bond acceptors (Lipinski definition) is 5. The van der Waals surface area contributed by atoms with Crippen molar-refractivity contribution in [2.24, 2.45) is 5.92 Å². The second-order valence-electron chi connectivity index (χ2n) is 8.15. The first-order valence-corrected chi connectivity index (χ1v) is 11.8. The van der Waals surface area contributed by atoms with Gasteiger partial charge in [-0.15, -0.1) is 11.3 Å². The maximum Gasteiger partial charge on any atom is 0.242 e. The van der Waals surface area contributed by atoms with Crippen LogP contribution in [0, 0.1) is 11.7 Å². The highest BCUT2D eigenvalue weighted by molar-refractivity contribution is 7.10. The van der Waals surface area contributed by atoms with E-state index in [9.17, 15) is 14.0 Å². The second-order valence-corrected chi connectivity index (χ2v) is 9.15. The lowest BCUT2D eigenvalue weighted by Crippen LogP contribution is -2.48. The molecule has 0 saturated heterocycles. The molecule has 1 aromatic heterocycles. The van der Waals surface area contributed by atoms with Crippen molar-refractivity contribution in [1.82, 2.24) is 9.80 Å². The molecule has 6 nitrogen and oxygen atoms in total. The summed E-state index contributed by atoms with van der Waals surface area (Å²) in [4.78, 5) is 30.7. The number of carbonyl (C=O) groups is 2. The van der Waals surface area contributed by atoms with Crippen LogP contribution in [0.25, 0.3) is 0 Å². The number of ether oxygens (including phenoxy) is 2. The Morgan fingerprint density at radius 3 is 2.78 bits per heavy atom. The lowest BCUT2D eigenvalue weighted by Gasteiger charge is -2.37. The van der Waals surface area contributed by atoms with Gasteiger partial charge in [-0.3, -0.25) is 9.59 Å². The number of rotatable bonds is 10. The molecular formula is C24H31FN2O4S. The molecule has 2 heterocycles. The standard InChI is InChI=1S/C24H31FN2O4S/c1-17(2)24(29)26(11-6-13-30-3)15-23(28)27-12-9-22-18(10-14-32-22)20(27)16-31-21-8-5-4-7-19(21)25/h4-5,7-8,10,14,17,20H,6,9,11-13,15-16H2,1-3H3. The normalized spacial score (nSPS) is 15.5. The zero-order valence-electron chi connectivity index (χ0n) is 18.9. The van der Waals surface area contributed by atoms with Crippen molar-refractivity contribution < 1.29 is 23.5 Å². The fraction of sp³-hybridized carbons (Fsp3) is 0.500. The van der Waals surface area contributed by atoms with E-state index in [1.165, 1.54) is 10.9 Å². The Hall–Kier alpha value is -2.45. The Morgan fingerprint density at radius 2 is 2.06 bits per heavy atom. The molecule has 2 amide bonds. The van der Waals surface area contributed by atoms with Gasteiger partial charge in [0.05, 0.1) is 12.6 Å². The topological polar surface area (TPSA) is 59.1 Å². The summed E-state index contributed by atoms with van der Waals surface area (Å²) in [5.41, 5.74) is 1.03. The number of hydrogen-bond donors (Lipinski definition) is 0. The Bertz CT molecular complexity index is 917. The van der Waals surface area contributed by atoms with Gasteiger partial charge in [0, 0.05) is 37.6 Å². The van der Waals surface area contributed by atoms with E-state index in [2.05, 4.69) is 0 Å². The molecule has 0 spiro atoms. The summed E-state index contributed by atoms with van der Waals surface area (Å²) < 4.78 is 25.0. The van der Waals surface area contributed by atoms with Crippen LogP contribution < -0.4 is 4.74 Å². The third-order valence-corrected chi connectivity index (χ3v) is 6.55. The highest BCUT2D eigenvalue weighted by atomic mass is 32.1. The highest BCUT2D eigenvalue weighted by Gasteiger charge is 2.33. The first-order chi connectivity index (χ1) is 15.4. The van der Waals surface area contributed by atoms with Gasteiger partial charge in [0.2, 0.25) is 11.8 Å². The highest BCUT2D eigenvalue weighted by Crippen LogP contribution is 2.34. The van der Waals surface area contributed by atoms with Gasteiger partial charge in [0.25, 0.3) is 0 Å². The Kier molecular flexibility index (Phi) is 8.64. The second kappa shape index (κ2) is 11.4. The summed E-state index contributed by atoms with van der Waals surface area (Å²) in [5.74, 6) is -0.649. The van der Waals surface area contributed by atoms with E-state index in [0.717, 1.165) is 12.0 Å². The number of para-hydroxylation sites is 1. The molecule has 0 N–H and O–H groups in total. The van der Waals surface area contributed by atoms with Crippen LogP contribution in [0.3, 0.4) is 0 Å². The molecule has 8 heteroatoms. The first kappa shape index (κ1) is 24.2. The van der Waals surface area contributed by atoms with E-state index in [4.69, 9.17) is 9.47 Å². The molecule has 3 rings (SSSR count). The van der Waals surface area contributed by atoms with Crippen LogP contribution in [0.5, 0.6) is 5.75 Å². The molecule has 1 aliphatic heterocycles. The Balaban J connectivity index is 1.76. The summed E-state index contributed by atoms with van der Waals surface area (Å²) in [5, 5.41) is 2.01. The number of nitrogens with zero attached hydrogens (tertiary/aromatic N) is 2. The first-order valence-electron chi connectivity index (χ1n) is 10.9. The zero-order chi connectivity index (χ0) is 23.1. The number of fused-ring (bicyclic) bond motifs is 1. The van der Waals surface area contributed by atoms with Crippen molar-refractivity contribution in [3.63, 3.8) is 0 Å². The number of thiophene rings is 1. The summed E-state index contributed by atoms with van der Waals surface area (Å²) >= 11 is 1.66. The number of benzene rings is 1. The van der Waals surface area contributed by atoms with Gasteiger partial charge >= 0.3 is 0 Å². The van der Waals surface area contributed by atoms with E-state index in [1.807, 2.05) is 25.3 Å². The van der Waals surface area contributed by atoms with Gasteiger partial charge in [0.15, 0.2) is 11.6 Å². The monoisotopic (exact) mass is 462 g/mol. The van der Waals surface area contributed by atoms with Gasteiger partial charge in [-0.05, 0) is 42.0 Å². The fourth-order valence-electron chi connectivity index (χ4n) is 3.89. The molecule has 0 aliphatic carbocycles. The molecule has 0 bridgehead atoms. The minimum Gasteiger partial charge on any atom is -0.488 e. The van der Waals surface area contributed by atoms with Crippen molar-refractivity contribution >= 4 is 23.2 Å². The largest absolute Gasteiger partial charge is 0.488 e. The minimum atomic E-state index is -0.432. The molecule has 0 radical (unpaired) electrons. The smallest absolute Gasteiger partial charge is 0.242 e. The van der Waals surface area contributed by atoms with Crippen molar-refractivity contribution in [1.29, 1.82) is 0 Å². The number of methoxy groups -OCH3 is 1. The molecule has 0 saturated carbocycles. The molecule has 1 unspecified atom stereocenters. The van der Waals surface area contributed by atoms with Gasteiger partial charge < -0.3 is 19.3 Å². The molecule has 1 aliphatic rings. The van der Waals surface area contributed by atoms with E-state index in [1.54, 1.807) is 46.4 Å². The van der Waals surface area contributed by atoms with Crippen LogP contribution in [0.1, 0.15) is 36.8 Å². The predicted octanol–water partition coefficient (Wildman–Crippen LogP) is 3.91. The molecule has 32 heavy (non-hydrogen) atoms. The molecule has 1 atom stereocenters. The third kappa shape index (κ3) is 5.86. The maximum atomic E-state index is 14.1. The average Bonchev–Trinajstić information content (AvgIpc) is 3.26. The quantitative estimate of drug-likeness (QED) is 0.503. The van der Waals surface area contributed by atoms with Crippen molar-refractivity contribution in [3.05, 3.63) is 52.0 Å². The number of amides is 2. The van der Waals surface area contributed by atoms with Crippen LogP contribution in [-0.4, -0.2) is 61.6 Å². The molecule has 0 fully saturated rings. The summed E-state index contributed by atoms with van der Waals surface area (Å²) in [6.45, 7) is 5.36. The van der Waals surface area contributed by atoms with Gasteiger partial charge in [-0.2, -0.15) is 0 Å². The lowest BCUT2D eigenvalue weighted by atomic mass is 10.00. The van der Waals surface area contributed by atoms with Gasteiger partial charge in [-0.25, -0.2) is 4.39 Å². The van der Waals surface area contributed by atoms with Gasteiger partial charge in [-0.1, -0.05) is 26.0 Å². The van der Waals surface area contributed by atoms with E-state index in [-0.39, 0.29) is 42.7 Å². The average molecular weight is 463 g/mol.